The Morgan fingerprint density at radius 1 is 1.22 bits per heavy atom. The van der Waals surface area contributed by atoms with E-state index in [0.29, 0.717) is 12.5 Å². The number of ether oxygens (including phenoxy) is 1. The highest BCUT2D eigenvalue weighted by Gasteiger charge is 2.35. The Hall–Kier alpha value is -2.84. The fourth-order valence-electron chi connectivity index (χ4n) is 4.16. The Labute approximate surface area is 189 Å². The van der Waals surface area contributed by atoms with Crippen molar-refractivity contribution in [3.63, 3.8) is 0 Å². The Morgan fingerprint density at radius 2 is 1.97 bits per heavy atom. The van der Waals surface area contributed by atoms with Crippen molar-refractivity contribution in [1.29, 1.82) is 0 Å². The molecule has 9 nitrogen and oxygen atoms in total. The number of likely N-dealkylation sites (tertiary alicyclic amines) is 1. The van der Waals surface area contributed by atoms with Crippen LogP contribution in [0.5, 0.6) is 0 Å². The van der Waals surface area contributed by atoms with Crippen LogP contribution in [0.3, 0.4) is 0 Å². The predicted molar refractivity (Wildman–Crippen MR) is 123 cm³/mol. The van der Waals surface area contributed by atoms with Crippen molar-refractivity contribution in [2.75, 3.05) is 26.7 Å². The van der Waals surface area contributed by atoms with Crippen molar-refractivity contribution in [2.24, 2.45) is 10.9 Å². The standard InChI is InChI=1S/C23H35N7O2/c1-23(2,3)32-22(31)30(16-17-8-9-17)18-10-13-28(14-11-18)21(24-4)25-15-20-27-26-19-7-5-6-12-29(19)20/h5-7,12,17-18H,8-11,13-16H2,1-4H3,(H,24,25). The SMILES string of the molecule is CN=C(NCc1nnc2ccccn12)N1CCC(N(CC2CC2)C(=O)OC(C)(C)C)CC1. The molecule has 174 valence electrons. The average molecular weight is 442 g/mol. The number of pyridine rings is 1. The summed E-state index contributed by atoms with van der Waals surface area (Å²) in [5.74, 6) is 2.33. The lowest BCUT2D eigenvalue weighted by atomic mass is 10.0. The molecule has 2 fully saturated rings. The van der Waals surface area contributed by atoms with Gasteiger partial charge in [0.15, 0.2) is 17.4 Å². The largest absolute Gasteiger partial charge is 0.444 e. The average Bonchev–Trinajstić information content (AvgIpc) is 3.50. The Balaban J connectivity index is 1.34. The molecular weight excluding hydrogens is 406 g/mol. The van der Waals surface area contributed by atoms with Crippen LogP contribution in [0.25, 0.3) is 5.65 Å². The summed E-state index contributed by atoms with van der Waals surface area (Å²) in [4.78, 5) is 21.6. The van der Waals surface area contributed by atoms with Crippen LogP contribution in [0.15, 0.2) is 29.4 Å². The molecule has 3 heterocycles. The molecule has 0 aromatic carbocycles. The van der Waals surface area contributed by atoms with Gasteiger partial charge in [-0.15, -0.1) is 10.2 Å². The van der Waals surface area contributed by atoms with Gasteiger partial charge in [-0.25, -0.2) is 4.79 Å². The van der Waals surface area contributed by atoms with Crippen LogP contribution in [-0.4, -0.2) is 74.8 Å². The molecule has 1 saturated heterocycles. The number of fused-ring (bicyclic) bond motifs is 1. The van der Waals surface area contributed by atoms with Gasteiger partial charge in [-0.1, -0.05) is 6.07 Å². The van der Waals surface area contributed by atoms with Crippen molar-refractivity contribution >= 4 is 17.7 Å². The maximum absolute atomic E-state index is 12.9. The molecule has 32 heavy (non-hydrogen) atoms. The molecule has 2 aromatic heterocycles. The molecule has 1 aliphatic carbocycles. The number of rotatable bonds is 5. The number of hydrogen-bond acceptors (Lipinski definition) is 5. The summed E-state index contributed by atoms with van der Waals surface area (Å²) in [5, 5.41) is 11.9. The minimum Gasteiger partial charge on any atom is -0.444 e. The fraction of sp³-hybridized carbons (Fsp3) is 0.652. The van der Waals surface area contributed by atoms with Crippen LogP contribution < -0.4 is 5.32 Å². The fourth-order valence-corrected chi connectivity index (χ4v) is 4.16. The number of piperidine rings is 1. The molecule has 2 aliphatic rings. The highest BCUT2D eigenvalue weighted by molar-refractivity contribution is 5.80. The normalized spacial score (nSPS) is 18.1. The summed E-state index contributed by atoms with van der Waals surface area (Å²) >= 11 is 0. The number of guanidine groups is 1. The lowest BCUT2D eigenvalue weighted by molar-refractivity contribution is 0.00928. The lowest BCUT2D eigenvalue weighted by Crippen LogP contribution is -2.52. The Bertz CT molecular complexity index is 953. The van der Waals surface area contributed by atoms with Gasteiger partial charge in [0, 0.05) is 38.9 Å². The molecule has 0 spiro atoms. The minimum absolute atomic E-state index is 0.177. The highest BCUT2D eigenvalue weighted by atomic mass is 16.6. The quantitative estimate of drug-likeness (QED) is 0.567. The lowest BCUT2D eigenvalue weighted by Gasteiger charge is -2.40. The number of aliphatic imine (C=N–C) groups is 1. The van der Waals surface area contributed by atoms with Crippen LogP contribution in [0.2, 0.25) is 0 Å². The minimum atomic E-state index is -0.475. The third-order valence-corrected chi connectivity index (χ3v) is 5.99. The Kier molecular flexibility index (Phi) is 6.53. The highest BCUT2D eigenvalue weighted by Crippen LogP contribution is 2.32. The number of carbonyl (C=O) groups is 1. The van der Waals surface area contributed by atoms with Crippen LogP contribution >= 0.6 is 0 Å². The molecule has 0 atom stereocenters. The second-order valence-corrected chi connectivity index (χ2v) is 9.74. The van der Waals surface area contributed by atoms with Gasteiger partial charge in [0.05, 0.1) is 6.54 Å². The molecule has 9 heteroatoms. The zero-order valence-electron chi connectivity index (χ0n) is 19.6. The van der Waals surface area contributed by atoms with Crippen molar-refractivity contribution in [2.45, 2.75) is 64.6 Å². The van der Waals surface area contributed by atoms with Crippen LogP contribution in [0, 0.1) is 5.92 Å². The molecule has 1 saturated carbocycles. The first kappa shape index (κ1) is 22.4. The van der Waals surface area contributed by atoms with E-state index in [-0.39, 0.29) is 12.1 Å². The summed E-state index contributed by atoms with van der Waals surface area (Å²) in [6.45, 7) is 8.82. The van der Waals surface area contributed by atoms with Gasteiger partial charge in [-0.3, -0.25) is 9.39 Å². The third kappa shape index (κ3) is 5.49. The maximum Gasteiger partial charge on any atom is 0.410 e. The predicted octanol–water partition coefficient (Wildman–Crippen LogP) is 2.92. The van der Waals surface area contributed by atoms with Gasteiger partial charge < -0.3 is 19.9 Å². The first-order chi connectivity index (χ1) is 15.3. The van der Waals surface area contributed by atoms with Gasteiger partial charge in [0.1, 0.15) is 5.60 Å². The molecular formula is C23H35N7O2. The van der Waals surface area contributed by atoms with E-state index in [2.05, 4.69) is 25.4 Å². The van der Waals surface area contributed by atoms with Gasteiger partial charge >= 0.3 is 6.09 Å². The number of nitrogens with one attached hydrogen (secondary N) is 1. The van der Waals surface area contributed by atoms with Gasteiger partial charge in [0.2, 0.25) is 0 Å². The van der Waals surface area contributed by atoms with E-state index >= 15 is 0 Å². The maximum atomic E-state index is 12.9. The molecule has 0 unspecified atom stereocenters. The molecule has 0 bridgehead atoms. The van der Waals surface area contributed by atoms with Crippen LogP contribution in [0.1, 0.15) is 52.3 Å². The summed E-state index contributed by atoms with van der Waals surface area (Å²) in [7, 11) is 1.80. The summed E-state index contributed by atoms with van der Waals surface area (Å²) < 4.78 is 7.69. The molecule has 1 N–H and O–H groups in total. The zero-order valence-corrected chi connectivity index (χ0v) is 19.6. The first-order valence-corrected chi connectivity index (χ1v) is 11.6. The monoisotopic (exact) mass is 441 g/mol. The van der Waals surface area contributed by atoms with Crippen molar-refractivity contribution < 1.29 is 9.53 Å². The number of amides is 1. The van der Waals surface area contributed by atoms with E-state index < -0.39 is 5.60 Å². The molecule has 1 amide bonds. The molecule has 0 radical (unpaired) electrons. The van der Waals surface area contributed by atoms with E-state index in [9.17, 15) is 4.79 Å². The van der Waals surface area contributed by atoms with Crippen molar-refractivity contribution in [3.8, 4) is 0 Å². The Morgan fingerprint density at radius 3 is 2.62 bits per heavy atom. The molecule has 1 aliphatic heterocycles. The topological polar surface area (TPSA) is 87.4 Å². The third-order valence-electron chi connectivity index (χ3n) is 5.99. The number of hydrogen-bond donors (Lipinski definition) is 1. The summed E-state index contributed by atoms with van der Waals surface area (Å²) in [5.41, 5.74) is 0.357. The molecule has 4 rings (SSSR count). The van der Waals surface area contributed by atoms with Crippen molar-refractivity contribution in [1.82, 2.24) is 29.7 Å². The summed E-state index contributed by atoms with van der Waals surface area (Å²) in [6, 6.07) is 6.07. The first-order valence-electron chi connectivity index (χ1n) is 11.6. The number of aromatic nitrogens is 3. The van der Waals surface area contributed by atoms with E-state index in [1.165, 1.54) is 12.8 Å². The second kappa shape index (κ2) is 9.34. The second-order valence-electron chi connectivity index (χ2n) is 9.74. The molecule has 2 aromatic rings. The van der Waals surface area contributed by atoms with Crippen LogP contribution in [-0.2, 0) is 11.3 Å². The number of nitrogens with zero attached hydrogens (tertiary/aromatic N) is 6. The van der Waals surface area contributed by atoms with E-state index in [1.807, 2.05) is 54.5 Å². The smallest absolute Gasteiger partial charge is 0.410 e. The van der Waals surface area contributed by atoms with Gasteiger partial charge in [-0.05, 0) is 64.5 Å². The van der Waals surface area contributed by atoms with E-state index in [1.54, 1.807) is 7.05 Å². The van der Waals surface area contributed by atoms with E-state index in [0.717, 1.165) is 49.9 Å². The van der Waals surface area contributed by atoms with Crippen molar-refractivity contribution in [3.05, 3.63) is 30.2 Å². The number of carbonyl (C=O) groups excluding carboxylic acids is 1. The zero-order chi connectivity index (χ0) is 22.7. The van der Waals surface area contributed by atoms with E-state index in [4.69, 9.17) is 4.74 Å². The summed E-state index contributed by atoms with van der Waals surface area (Å²) in [6.07, 6.45) is 6.02. The van der Waals surface area contributed by atoms with Gasteiger partial charge in [0.25, 0.3) is 0 Å². The van der Waals surface area contributed by atoms with Crippen LogP contribution in [0.4, 0.5) is 4.79 Å². The van der Waals surface area contributed by atoms with Gasteiger partial charge in [-0.2, -0.15) is 0 Å².